The number of fused-ring (bicyclic) bond motifs is 4. The van der Waals surface area contributed by atoms with Crippen molar-refractivity contribution in [3.05, 3.63) is 100 Å². The van der Waals surface area contributed by atoms with Crippen molar-refractivity contribution in [2.45, 2.75) is 63.7 Å². The fraction of sp³-hybridized carbons (Fsp3) is 0.436. The Morgan fingerprint density at radius 3 is 2.55 bits per heavy atom. The number of hydrogen-bond donors (Lipinski definition) is 4. The molecule has 3 aliphatic rings. The minimum Gasteiger partial charge on any atom is -0.506 e. The second kappa shape index (κ2) is 16.8. The SMILES string of the molecule is O=C(O[C@@H]1CN2CCC1CC2)N(Cc1ccccc1)c1cccc(OCCCCCCCNC[C@H](O)c2ccc(O)c3[nH]c(=O)ccc23)c1. The molecule has 4 N–H and O–H groups in total. The minimum absolute atomic E-state index is 0.0161. The molecule has 3 aromatic carbocycles. The molecule has 3 aliphatic heterocycles. The monoisotopic (exact) mass is 668 g/mol. The fourth-order valence-corrected chi connectivity index (χ4v) is 6.98. The van der Waals surface area contributed by atoms with Crippen LogP contribution in [0.2, 0.25) is 0 Å². The summed E-state index contributed by atoms with van der Waals surface area (Å²) in [6.45, 7) is 5.21. The van der Waals surface area contributed by atoms with Crippen LogP contribution in [0.25, 0.3) is 10.9 Å². The molecule has 0 saturated carbocycles. The van der Waals surface area contributed by atoms with Crippen molar-refractivity contribution in [3.63, 3.8) is 0 Å². The quantitative estimate of drug-likeness (QED) is 0.105. The number of aliphatic hydroxyl groups excluding tert-OH is 1. The lowest BCUT2D eigenvalue weighted by molar-refractivity contribution is -0.0311. The molecule has 7 rings (SSSR count). The van der Waals surface area contributed by atoms with Gasteiger partial charge in [-0.25, -0.2) is 4.79 Å². The first-order valence-electron chi connectivity index (χ1n) is 17.7. The first-order chi connectivity index (χ1) is 23.9. The molecular weight excluding hydrogens is 620 g/mol. The number of pyridine rings is 1. The number of aromatic amines is 1. The number of aliphatic hydroxyl groups is 1. The summed E-state index contributed by atoms with van der Waals surface area (Å²) in [7, 11) is 0. The fourth-order valence-electron chi connectivity index (χ4n) is 6.98. The van der Waals surface area contributed by atoms with E-state index >= 15 is 0 Å². The molecule has 0 aliphatic carbocycles. The van der Waals surface area contributed by atoms with Crippen LogP contribution in [-0.2, 0) is 11.3 Å². The Labute approximate surface area is 287 Å². The van der Waals surface area contributed by atoms with Crippen LogP contribution in [0, 0.1) is 5.92 Å². The van der Waals surface area contributed by atoms with Gasteiger partial charge in [-0.2, -0.15) is 0 Å². The van der Waals surface area contributed by atoms with Crippen LogP contribution in [0.1, 0.15) is 62.2 Å². The summed E-state index contributed by atoms with van der Waals surface area (Å²) in [4.78, 5) is 32.0. The number of hydrogen-bond acceptors (Lipinski definition) is 8. The zero-order valence-electron chi connectivity index (χ0n) is 28.1. The molecule has 10 nitrogen and oxygen atoms in total. The van der Waals surface area contributed by atoms with E-state index in [-0.39, 0.29) is 23.5 Å². The third-order valence-corrected chi connectivity index (χ3v) is 9.75. The normalized spacial score (nSPS) is 19.1. The van der Waals surface area contributed by atoms with E-state index < -0.39 is 6.10 Å². The molecule has 10 heteroatoms. The van der Waals surface area contributed by atoms with Gasteiger partial charge in [-0.1, -0.05) is 61.7 Å². The van der Waals surface area contributed by atoms with Gasteiger partial charge in [0.15, 0.2) is 0 Å². The van der Waals surface area contributed by atoms with Crippen LogP contribution >= 0.6 is 0 Å². The number of phenolic OH excluding ortho intramolecular Hbond substituents is 1. The Kier molecular flexibility index (Phi) is 11.8. The Hall–Kier alpha value is -4.38. The summed E-state index contributed by atoms with van der Waals surface area (Å²) in [5, 5.41) is 24.7. The molecule has 49 heavy (non-hydrogen) atoms. The van der Waals surface area contributed by atoms with E-state index in [1.807, 2.05) is 54.6 Å². The predicted octanol–water partition coefficient (Wildman–Crippen LogP) is 6.12. The minimum atomic E-state index is -0.758. The number of nitrogens with one attached hydrogen (secondary N) is 2. The Balaban J connectivity index is 0.914. The number of unbranched alkanes of at least 4 members (excludes halogenated alkanes) is 4. The predicted molar refractivity (Wildman–Crippen MR) is 191 cm³/mol. The number of ether oxygens (including phenoxy) is 2. The van der Waals surface area contributed by atoms with Crippen LogP contribution in [0.3, 0.4) is 0 Å². The lowest BCUT2D eigenvalue weighted by atomic mass is 9.86. The molecule has 0 spiro atoms. The van der Waals surface area contributed by atoms with Gasteiger partial charge < -0.3 is 30.0 Å². The van der Waals surface area contributed by atoms with E-state index in [1.54, 1.807) is 17.0 Å². The summed E-state index contributed by atoms with van der Waals surface area (Å²) in [6, 6.07) is 23.9. The number of aromatic nitrogens is 1. The largest absolute Gasteiger partial charge is 0.506 e. The van der Waals surface area contributed by atoms with Crippen molar-refractivity contribution in [2.24, 2.45) is 5.92 Å². The van der Waals surface area contributed by atoms with Crippen LogP contribution in [0.15, 0.2) is 83.7 Å². The number of anilines is 1. The van der Waals surface area contributed by atoms with Crippen molar-refractivity contribution >= 4 is 22.7 Å². The molecule has 1 aromatic heterocycles. The number of carbonyl (C=O) groups is 1. The number of benzene rings is 3. The number of phenols is 1. The highest BCUT2D eigenvalue weighted by Gasteiger charge is 2.37. The zero-order chi connectivity index (χ0) is 34.0. The molecule has 3 fully saturated rings. The number of H-pyrrole nitrogens is 1. The molecule has 2 atom stereocenters. The summed E-state index contributed by atoms with van der Waals surface area (Å²) < 4.78 is 12.3. The maximum absolute atomic E-state index is 13.6. The van der Waals surface area contributed by atoms with Crippen LogP contribution in [0.4, 0.5) is 10.5 Å². The maximum atomic E-state index is 13.6. The molecule has 3 saturated heterocycles. The van der Waals surface area contributed by atoms with Crippen LogP contribution < -0.4 is 20.5 Å². The summed E-state index contributed by atoms with van der Waals surface area (Å²) in [6.07, 6.45) is 6.17. The van der Waals surface area contributed by atoms with Gasteiger partial charge in [0, 0.05) is 30.6 Å². The summed E-state index contributed by atoms with van der Waals surface area (Å²) in [5.74, 6) is 1.17. The highest BCUT2D eigenvalue weighted by molar-refractivity contribution is 5.88. The first-order valence-corrected chi connectivity index (χ1v) is 17.7. The molecular formula is C39H48N4O6. The average molecular weight is 669 g/mol. The standard InChI is InChI=1S/C39H48N4O6/c44-34-16-14-32(33-15-17-37(46)41-38(33)34)35(45)25-40-20-7-2-1-3-8-23-48-31-13-9-12-30(24-31)43(26-28-10-5-4-6-11-28)39(47)49-36-27-42-21-18-29(36)19-22-42/h4-6,9-17,24,29,35-36,40,44-45H,1-3,7-8,18-23,25-27H2,(H,41,46)/t35-,36+/m0/s1. The number of nitrogens with zero attached hydrogens (tertiary/aromatic N) is 2. The van der Waals surface area contributed by atoms with Gasteiger partial charge in [-0.15, -0.1) is 0 Å². The van der Waals surface area contributed by atoms with E-state index in [2.05, 4.69) is 15.2 Å². The highest BCUT2D eigenvalue weighted by atomic mass is 16.6. The highest BCUT2D eigenvalue weighted by Crippen LogP contribution is 2.32. The van der Waals surface area contributed by atoms with Crippen molar-refractivity contribution in [1.82, 2.24) is 15.2 Å². The van der Waals surface area contributed by atoms with E-state index in [0.717, 1.165) is 88.1 Å². The number of carbonyl (C=O) groups excluding carboxylic acids is 1. The van der Waals surface area contributed by atoms with E-state index in [4.69, 9.17) is 9.47 Å². The van der Waals surface area contributed by atoms with E-state index in [0.29, 0.717) is 42.1 Å². The number of amides is 1. The Bertz CT molecular complexity index is 1720. The first kappa shape index (κ1) is 34.5. The summed E-state index contributed by atoms with van der Waals surface area (Å²) in [5.41, 5.74) is 2.50. The van der Waals surface area contributed by atoms with Gasteiger partial charge in [0.05, 0.1) is 30.5 Å². The van der Waals surface area contributed by atoms with Crippen molar-refractivity contribution in [2.75, 3.05) is 44.2 Å². The molecule has 4 aromatic rings. The lowest BCUT2D eigenvalue weighted by Gasteiger charge is -2.44. The van der Waals surface area contributed by atoms with Gasteiger partial charge in [0.1, 0.15) is 17.6 Å². The molecule has 0 unspecified atom stereocenters. The molecule has 2 bridgehead atoms. The smallest absolute Gasteiger partial charge is 0.414 e. The Morgan fingerprint density at radius 2 is 1.76 bits per heavy atom. The van der Waals surface area contributed by atoms with Crippen molar-refractivity contribution in [3.8, 4) is 11.5 Å². The van der Waals surface area contributed by atoms with E-state index in [9.17, 15) is 19.8 Å². The lowest BCUT2D eigenvalue weighted by Crippen LogP contribution is -2.53. The number of piperidine rings is 3. The zero-order valence-corrected chi connectivity index (χ0v) is 28.1. The van der Waals surface area contributed by atoms with Crippen molar-refractivity contribution in [1.29, 1.82) is 0 Å². The van der Waals surface area contributed by atoms with E-state index in [1.165, 1.54) is 12.1 Å². The topological polar surface area (TPSA) is 127 Å². The van der Waals surface area contributed by atoms with Crippen LogP contribution in [0.5, 0.6) is 11.5 Å². The second-order valence-corrected chi connectivity index (χ2v) is 13.3. The van der Waals surface area contributed by atoms with Crippen molar-refractivity contribution < 1.29 is 24.5 Å². The van der Waals surface area contributed by atoms with Gasteiger partial charge in [-0.3, -0.25) is 14.6 Å². The number of rotatable bonds is 16. The second-order valence-electron chi connectivity index (χ2n) is 13.3. The molecule has 4 heterocycles. The molecule has 1 amide bonds. The third kappa shape index (κ3) is 9.20. The molecule has 0 radical (unpaired) electrons. The van der Waals surface area contributed by atoms with Gasteiger partial charge >= 0.3 is 6.09 Å². The van der Waals surface area contributed by atoms with Crippen LogP contribution in [-0.4, -0.2) is 71.6 Å². The third-order valence-electron chi connectivity index (χ3n) is 9.75. The Morgan fingerprint density at radius 1 is 0.959 bits per heavy atom. The van der Waals surface area contributed by atoms with Gasteiger partial charge in [0.2, 0.25) is 5.56 Å². The molecule has 260 valence electrons. The average Bonchev–Trinajstić information content (AvgIpc) is 3.12. The summed E-state index contributed by atoms with van der Waals surface area (Å²) >= 11 is 0. The van der Waals surface area contributed by atoms with Gasteiger partial charge in [0.25, 0.3) is 0 Å². The maximum Gasteiger partial charge on any atom is 0.414 e. The van der Waals surface area contributed by atoms with Gasteiger partial charge in [-0.05, 0) is 86.6 Å². The number of aromatic hydroxyl groups is 1.